The molecule has 0 bridgehead atoms. The smallest absolute Gasteiger partial charge is 0.276 e. The predicted molar refractivity (Wildman–Crippen MR) is 97.3 cm³/mol. The van der Waals surface area contributed by atoms with E-state index in [2.05, 4.69) is 20.9 Å². The molecule has 0 amide bonds. The van der Waals surface area contributed by atoms with Crippen molar-refractivity contribution < 1.29 is 0 Å². The molecule has 3 aromatic rings. The fourth-order valence-corrected chi connectivity index (χ4v) is 3.17. The maximum absolute atomic E-state index is 12.2. The average Bonchev–Trinajstić information content (AvgIpc) is 2.60. The predicted octanol–water partition coefficient (Wildman–Crippen LogP) is 4.59. The molecule has 0 spiro atoms. The van der Waals surface area contributed by atoms with E-state index in [-0.39, 0.29) is 5.69 Å². The van der Waals surface area contributed by atoms with E-state index in [4.69, 9.17) is 6.57 Å². The average molecular weight is 333 g/mol. The van der Waals surface area contributed by atoms with Crippen LogP contribution in [0.15, 0.2) is 64.5 Å². The summed E-state index contributed by atoms with van der Waals surface area (Å²) in [6, 6.07) is 17.5. The maximum Gasteiger partial charge on any atom is 0.276 e. The number of aromatic nitrogens is 2. The van der Waals surface area contributed by atoms with E-state index >= 15 is 0 Å². The quantitative estimate of drug-likeness (QED) is 0.432. The van der Waals surface area contributed by atoms with Gasteiger partial charge in [0, 0.05) is 5.75 Å². The number of aryl methyl sites for hydroxylation is 1. The van der Waals surface area contributed by atoms with Crippen molar-refractivity contribution in [2.45, 2.75) is 17.8 Å². The molecule has 5 heteroatoms. The second kappa shape index (κ2) is 7.16. The highest BCUT2D eigenvalue weighted by molar-refractivity contribution is 7.98. The minimum atomic E-state index is -0.398. The minimum Gasteiger partial charge on any atom is -0.311 e. The Morgan fingerprint density at radius 3 is 2.67 bits per heavy atom. The summed E-state index contributed by atoms with van der Waals surface area (Å²) in [7, 11) is 0. The third-order valence-electron chi connectivity index (χ3n) is 3.49. The first kappa shape index (κ1) is 16.0. The molecule has 0 unspecified atom stereocenters. The van der Waals surface area contributed by atoms with Crippen molar-refractivity contribution in [1.29, 1.82) is 0 Å². The summed E-state index contributed by atoms with van der Waals surface area (Å²) in [6.45, 7) is 9.31. The number of nitrogens with zero attached hydrogens (tertiary/aromatic N) is 2. The summed E-state index contributed by atoms with van der Waals surface area (Å²) in [4.78, 5) is 22.8. The zero-order chi connectivity index (χ0) is 16.9. The van der Waals surface area contributed by atoms with Crippen LogP contribution in [0.25, 0.3) is 16.1 Å². The van der Waals surface area contributed by atoms with Gasteiger partial charge in [-0.05, 0) is 18.1 Å². The minimum absolute atomic E-state index is 0.0288. The molecule has 0 saturated carbocycles. The first-order chi connectivity index (χ1) is 11.7. The molecule has 0 atom stereocenters. The van der Waals surface area contributed by atoms with Gasteiger partial charge in [-0.1, -0.05) is 71.9 Å². The van der Waals surface area contributed by atoms with Crippen LogP contribution in [0.5, 0.6) is 0 Å². The van der Waals surface area contributed by atoms with Gasteiger partial charge in [0.1, 0.15) is 0 Å². The third-order valence-corrected chi connectivity index (χ3v) is 4.43. The van der Waals surface area contributed by atoms with Crippen molar-refractivity contribution in [2.75, 3.05) is 0 Å². The normalized spacial score (nSPS) is 10.3. The van der Waals surface area contributed by atoms with Crippen LogP contribution in [0.2, 0.25) is 0 Å². The van der Waals surface area contributed by atoms with Crippen molar-refractivity contribution in [2.24, 2.45) is 0 Å². The molecule has 0 aliphatic carbocycles. The first-order valence-corrected chi connectivity index (χ1v) is 8.41. The van der Waals surface area contributed by atoms with Crippen LogP contribution < -0.4 is 5.56 Å². The summed E-state index contributed by atoms with van der Waals surface area (Å²) >= 11 is 1.45. The fraction of sp³-hybridized carbons (Fsp3) is 0.105. The van der Waals surface area contributed by atoms with Crippen LogP contribution >= 0.6 is 11.8 Å². The summed E-state index contributed by atoms with van der Waals surface area (Å²) in [5, 5.41) is 0.521. The van der Waals surface area contributed by atoms with Gasteiger partial charge in [-0.15, -0.1) is 0 Å². The number of thioether (sulfide) groups is 1. The second-order valence-electron chi connectivity index (χ2n) is 5.32. The summed E-state index contributed by atoms with van der Waals surface area (Å²) in [5.74, 6) is 0.705. The van der Waals surface area contributed by atoms with E-state index in [1.165, 1.54) is 17.3 Å². The van der Waals surface area contributed by atoms with Gasteiger partial charge in [0.05, 0.1) is 12.3 Å². The summed E-state index contributed by atoms with van der Waals surface area (Å²) in [5.41, 5.74) is 3.20. The van der Waals surface area contributed by atoms with Crippen molar-refractivity contribution in [1.82, 2.24) is 9.97 Å². The molecule has 3 rings (SSSR count). The zero-order valence-corrected chi connectivity index (χ0v) is 13.9. The second-order valence-corrected chi connectivity index (χ2v) is 6.29. The number of rotatable bonds is 4. The van der Waals surface area contributed by atoms with Gasteiger partial charge in [0.2, 0.25) is 0 Å². The van der Waals surface area contributed by atoms with Crippen molar-refractivity contribution in [3.8, 4) is 11.3 Å². The lowest BCUT2D eigenvalue weighted by Gasteiger charge is -2.07. The largest absolute Gasteiger partial charge is 0.311 e. The third kappa shape index (κ3) is 3.55. The molecule has 0 fully saturated rings. The lowest BCUT2D eigenvalue weighted by molar-refractivity contribution is 0.949. The van der Waals surface area contributed by atoms with E-state index in [0.29, 0.717) is 16.6 Å². The molecular formula is C19H15N3OS. The highest BCUT2D eigenvalue weighted by atomic mass is 32.2. The molecule has 2 aromatic carbocycles. The standard InChI is InChI=1S/C19H15N3OS/c1-13-7-6-8-14(11-13)12-24-19-21-16(15-9-4-3-5-10-15)17(20-2)18(23)22-19/h3-11H,12H2,1H3,(H,21,22,23). The fourth-order valence-electron chi connectivity index (χ4n) is 2.37. The SMILES string of the molecule is [C-]#[N+]c1c(-c2ccccc2)nc(SCc2cccc(C)c2)[nH]c1=O. The van der Waals surface area contributed by atoms with Crippen molar-refractivity contribution in [3.63, 3.8) is 0 Å². The zero-order valence-electron chi connectivity index (χ0n) is 13.1. The van der Waals surface area contributed by atoms with Crippen LogP contribution in [-0.4, -0.2) is 9.97 Å². The molecule has 24 heavy (non-hydrogen) atoms. The maximum atomic E-state index is 12.2. The monoisotopic (exact) mass is 333 g/mol. The highest BCUT2D eigenvalue weighted by Gasteiger charge is 2.13. The number of nitrogens with one attached hydrogen (secondary N) is 1. The van der Waals surface area contributed by atoms with Crippen molar-refractivity contribution in [3.05, 3.63) is 87.5 Å². The Morgan fingerprint density at radius 1 is 1.17 bits per heavy atom. The van der Waals surface area contributed by atoms with E-state index in [9.17, 15) is 4.79 Å². The molecular weight excluding hydrogens is 318 g/mol. The Bertz CT molecular complexity index is 958. The van der Waals surface area contributed by atoms with Gasteiger partial charge < -0.3 is 4.98 Å². The van der Waals surface area contributed by atoms with E-state index in [1.807, 2.05) is 55.5 Å². The molecule has 0 saturated heterocycles. The van der Waals surface area contributed by atoms with Crippen molar-refractivity contribution >= 4 is 17.4 Å². The number of hydrogen-bond donors (Lipinski definition) is 1. The summed E-state index contributed by atoms with van der Waals surface area (Å²) in [6.07, 6.45) is 0. The molecule has 1 aromatic heterocycles. The molecule has 118 valence electrons. The molecule has 4 nitrogen and oxygen atoms in total. The van der Waals surface area contributed by atoms with Gasteiger partial charge in [-0.2, -0.15) is 0 Å². The molecule has 0 radical (unpaired) electrons. The Labute approximate surface area is 144 Å². The summed E-state index contributed by atoms with van der Waals surface area (Å²) < 4.78 is 0. The van der Waals surface area contributed by atoms with Gasteiger partial charge in [0.25, 0.3) is 11.2 Å². The van der Waals surface area contributed by atoms with E-state index in [1.54, 1.807) is 0 Å². The Balaban J connectivity index is 1.94. The van der Waals surface area contributed by atoms with Gasteiger partial charge in [0.15, 0.2) is 5.16 Å². The van der Waals surface area contributed by atoms with Gasteiger partial charge in [-0.3, -0.25) is 4.79 Å². The molecule has 0 aliphatic rings. The van der Waals surface area contributed by atoms with Crippen LogP contribution in [0.1, 0.15) is 11.1 Å². The Hall–Kier alpha value is -2.84. The van der Waals surface area contributed by atoms with Crippen LogP contribution in [0.4, 0.5) is 5.69 Å². The van der Waals surface area contributed by atoms with E-state index in [0.717, 1.165) is 11.1 Å². The lowest BCUT2D eigenvalue weighted by Crippen LogP contribution is -2.09. The van der Waals surface area contributed by atoms with Gasteiger partial charge in [-0.25, -0.2) is 9.83 Å². The molecule has 1 heterocycles. The number of H-pyrrole nitrogens is 1. The number of aromatic amines is 1. The number of benzene rings is 2. The van der Waals surface area contributed by atoms with Crippen LogP contribution in [-0.2, 0) is 5.75 Å². The van der Waals surface area contributed by atoms with Gasteiger partial charge >= 0.3 is 0 Å². The topological polar surface area (TPSA) is 50.1 Å². The first-order valence-electron chi connectivity index (χ1n) is 7.43. The Morgan fingerprint density at radius 2 is 1.96 bits per heavy atom. The lowest BCUT2D eigenvalue weighted by atomic mass is 10.1. The van der Waals surface area contributed by atoms with Crippen LogP contribution in [0, 0.1) is 13.5 Å². The Kier molecular flexibility index (Phi) is 4.78. The highest BCUT2D eigenvalue weighted by Crippen LogP contribution is 2.28. The van der Waals surface area contributed by atoms with E-state index < -0.39 is 5.56 Å². The molecule has 1 N–H and O–H groups in total. The molecule has 0 aliphatic heterocycles. The van der Waals surface area contributed by atoms with Crippen LogP contribution in [0.3, 0.4) is 0 Å². The number of hydrogen-bond acceptors (Lipinski definition) is 3.